The Morgan fingerprint density at radius 1 is 0.812 bits per heavy atom. The first kappa shape index (κ1) is 50.5. The molecule has 5 rings (SSSR count). The molecule has 348 valence electrons. The number of aryl methyl sites for hydroxylation is 1. The van der Waals surface area contributed by atoms with E-state index < -0.39 is 72.8 Å². The van der Waals surface area contributed by atoms with Crippen LogP contribution in [-0.4, -0.2) is 89.0 Å². The van der Waals surface area contributed by atoms with Crippen molar-refractivity contribution in [2.75, 3.05) is 30.9 Å². The fourth-order valence-corrected chi connectivity index (χ4v) is 11.4. The summed E-state index contributed by atoms with van der Waals surface area (Å²) in [6, 6.07) is 11.3. The van der Waals surface area contributed by atoms with Gasteiger partial charge in [0, 0.05) is 53.1 Å². The molecule has 1 atom stereocenters. The maximum Gasteiger partial charge on any atom is 0.303 e. The topological polar surface area (TPSA) is 267 Å². The average molecular weight is 964 g/mol. The zero-order valence-corrected chi connectivity index (χ0v) is 39.3. The van der Waals surface area contributed by atoms with Crippen LogP contribution in [0.4, 0.5) is 5.69 Å². The predicted octanol–water partition coefficient (Wildman–Crippen LogP) is 7.60. The summed E-state index contributed by atoms with van der Waals surface area (Å²) < 4.78 is 145. The first-order valence-electron chi connectivity index (χ1n) is 20.1. The number of anilines is 1. The third-order valence-corrected chi connectivity index (χ3v) is 15.3. The molecule has 0 aromatic heterocycles. The van der Waals surface area contributed by atoms with Crippen molar-refractivity contribution < 1.29 is 66.5 Å². The summed E-state index contributed by atoms with van der Waals surface area (Å²) in [5.41, 5.74) is 1.80. The number of fused-ring (bicyclic) bond motifs is 4. The van der Waals surface area contributed by atoms with Crippen molar-refractivity contribution in [3.63, 3.8) is 0 Å². The van der Waals surface area contributed by atoms with Gasteiger partial charge in [0.05, 0.1) is 17.3 Å². The van der Waals surface area contributed by atoms with Gasteiger partial charge in [-0.1, -0.05) is 70.2 Å². The lowest BCUT2D eigenvalue weighted by atomic mass is 9.69. The van der Waals surface area contributed by atoms with Crippen LogP contribution in [0.5, 0.6) is 0 Å². The van der Waals surface area contributed by atoms with E-state index in [0.29, 0.717) is 82.9 Å². The van der Waals surface area contributed by atoms with E-state index in [1.54, 1.807) is 42.5 Å². The average Bonchev–Trinajstić information content (AvgIpc) is 3.38. The van der Waals surface area contributed by atoms with Crippen LogP contribution in [0.15, 0.2) is 99.3 Å². The van der Waals surface area contributed by atoms with E-state index in [1.165, 1.54) is 19.2 Å². The molecule has 0 aliphatic carbocycles. The Labute approximate surface area is 374 Å². The summed E-state index contributed by atoms with van der Waals surface area (Å²) in [6.07, 6.45) is 6.96. The minimum Gasteiger partial charge on any atom is -0.481 e. The van der Waals surface area contributed by atoms with Crippen LogP contribution in [0, 0.1) is 6.92 Å². The first-order valence-corrected chi connectivity index (χ1v) is 26.1. The Bertz CT molecular complexity index is 3050. The molecule has 5 N–H and O–H groups in total. The number of rotatable bonds is 20. The van der Waals surface area contributed by atoms with Crippen LogP contribution in [0.25, 0.3) is 21.5 Å². The largest absolute Gasteiger partial charge is 0.481 e. The summed E-state index contributed by atoms with van der Waals surface area (Å²) in [5.74, 6) is -1.52. The number of ether oxygens (including phenoxy) is 1. The van der Waals surface area contributed by atoms with E-state index in [4.69, 9.17) is 4.74 Å². The monoisotopic (exact) mass is 963 g/mol. The lowest BCUT2D eigenvalue weighted by molar-refractivity contribution is -0.137. The van der Waals surface area contributed by atoms with E-state index in [-0.39, 0.29) is 46.9 Å². The first-order chi connectivity index (χ1) is 29.5. The maximum absolute atomic E-state index is 12.8. The van der Waals surface area contributed by atoms with Gasteiger partial charge in [0.15, 0.2) is 0 Å². The van der Waals surface area contributed by atoms with Crippen LogP contribution in [0.3, 0.4) is 0 Å². The third-order valence-electron chi connectivity index (χ3n) is 11.9. The van der Waals surface area contributed by atoms with E-state index in [9.17, 15) is 61.8 Å². The quantitative estimate of drug-likeness (QED) is 0.0324. The molecule has 0 fully saturated rings. The molecule has 1 unspecified atom stereocenters. The van der Waals surface area contributed by atoms with Gasteiger partial charge in [-0.05, 0) is 108 Å². The highest BCUT2D eigenvalue weighted by Gasteiger charge is 2.42. The Morgan fingerprint density at radius 3 is 2.03 bits per heavy atom. The number of unbranched alkanes of at least 4 members (excludes halogenated alkanes) is 2. The van der Waals surface area contributed by atoms with Crippen molar-refractivity contribution in [2.45, 2.75) is 98.2 Å². The molecule has 1 aliphatic rings. The molecule has 4 aromatic rings. The van der Waals surface area contributed by atoms with Gasteiger partial charge >= 0.3 is 5.97 Å². The molecular formula is C44H53NO15S4. The van der Waals surface area contributed by atoms with Gasteiger partial charge in [0.25, 0.3) is 40.5 Å². The van der Waals surface area contributed by atoms with Gasteiger partial charge in [0.2, 0.25) is 0 Å². The second kappa shape index (κ2) is 18.8. The van der Waals surface area contributed by atoms with Gasteiger partial charge in [0.1, 0.15) is 9.79 Å². The molecular weight excluding hydrogens is 911 g/mol. The zero-order valence-electron chi connectivity index (χ0n) is 36.0. The summed E-state index contributed by atoms with van der Waals surface area (Å²) in [5, 5.41) is 10.0. The van der Waals surface area contributed by atoms with Gasteiger partial charge in [-0.2, -0.15) is 33.7 Å². The molecule has 0 bridgehead atoms. The van der Waals surface area contributed by atoms with Crippen molar-refractivity contribution >= 4 is 73.7 Å². The lowest BCUT2D eigenvalue weighted by Gasteiger charge is -2.34. The second-order valence-electron chi connectivity index (χ2n) is 16.7. The van der Waals surface area contributed by atoms with E-state index in [0.717, 1.165) is 6.07 Å². The van der Waals surface area contributed by atoms with Gasteiger partial charge in [-0.3, -0.25) is 23.0 Å². The number of carboxylic acids is 1. The molecule has 4 aromatic carbocycles. The smallest absolute Gasteiger partial charge is 0.303 e. The SMILES string of the molecule is C=C(/C=C/C=C1/N(CCCCCC(=O)O)c2ccc3c(S(=O)(=O)O)cc(S(=O)(=O)O)cc3c2C1(C)C)C(C)(CCCS(=O)(=O)O)c1c(C)ccc2c(S(=O)(=O)O)cc(CCOC)cc12. The van der Waals surface area contributed by atoms with Crippen molar-refractivity contribution in [3.8, 4) is 0 Å². The maximum atomic E-state index is 12.8. The van der Waals surface area contributed by atoms with Crippen molar-refractivity contribution in [3.05, 3.63) is 107 Å². The molecule has 0 saturated carbocycles. The molecule has 0 amide bonds. The summed E-state index contributed by atoms with van der Waals surface area (Å²) in [7, 11) is -17.6. The Balaban J connectivity index is 1.72. The number of allylic oxidation sites excluding steroid dienone is 5. The number of hydrogen-bond donors (Lipinski definition) is 5. The standard InChI is InChI=1S/C44H53NO15S4/c1-28-15-16-32-34(24-30(19-22-60-6)25-37(32)63(54,55)56)41(28)44(5,20-11-23-61(48,49)50)29(2)12-10-13-39-43(3,4)42-35-26-31(62(51,52)53)27-38(64(57,58)59)33(35)17-18-36(42)45(39)21-9-7-8-14-40(46)47/h10,12-13,15-18,24-27H,2,7-9,11,14,19-23H2,1,3-6H3,(H,46,47)(H,48,49,50)(H,51,52,53)(H,54,55,56)(H,57,58,59)/b12-10+,39-13+. The number of benzene rings is 4. The summed E-state index contributed by atoms with van der Waals surface area (Å²) in [6.45, 7) is 12.3. The molecule has 1 aliphatic heterocycles. The van der Waals surface area contributed by atoms with Crippen LogP contribution < -0.4 is 4.90 Å². The van der Waals surface area contributed by atoms with E-state index in [2.05, 4.69) is 6.58 Å². The number of aliphatic carboxylic acids is 1. The highest BCUT2D eigenvalue weighted by molar-refractivity contribution is 7.87. The van der Waals surface area contributed by atoms with Crippen LogP contribution in [0.1, 0.15) is 81.5 Å². The van der Waals surface area contributed by atoms with E-state index in [1.807, 2.05) is 32.6 Å². The minimum absolute atomic E-state index is 0.00181. The Kier molecular flexibility index (Phi) is 14.8. The van der Waals surface area contributed by atoms with E-state index >= 15 is 0 Å². The lowest BCUT2D eigenvalue weighted by Crippen LogP contribution is -2.27. The highest BCUT2D eigenvalue weighted by atomic mass is 32.2. The third kappa shape index (κ3) is 10.9. The van der Waals surface area contributed by atoms with Crippen molar-refractivity contribution in [2.24, 2.45) is 0 Å². The molecule has 0 radical (unpaired) electrons. The number of carbonyl (C=O) groups is 1. The number of carboxylic acid groups (broad SMARTS) is 1. The van der Waals surface area contributed by atoms with Crippen LogP contribution in [0.2, 0.25) is 0 Å². The fourth-order valence-electron chi connectivity index (χ4n) is 8.84. The highest BCUT2D eigenvalue weighted by Crippen LogP contribution is 2.52. The van der Waals surface area contributed by atoms with Crippen molar-refractivity contribution in [1.82, 2.24) is 0 Å². The normalized spacial score (nSPS) is 16.2. The molecule has 20 heteroatoms. The second-order valence-corrected chi connectivity index (χ2v) is 22.5. The number of methoxy groups -OCH3 is 1. The molecule has 0 saturated heterocycles. The zero-order chi connectivity index (χ0) is 47.8. The minimum atomic E-state index is -5.00. The Hall–Kier alpha value is -4.51. The number of nitrogens with zero attached hydrogens (tertiary/aromatic N) is 1. The summed E-state index contributed by atoms with van der Waals surface area (Å²) in [4.78, 5) is 11.4. The van der Waals surface area contributed by atoms with Crippen LogP contribution in [-0.2, 0) is 67.3 Å². The number of hydrogen-bond acceptors (Lipinski definition) is 11. The van der Waals surface area contributed by atoms with Crippen LogP contribution >= 0.6 is 0 Å². The molecule has 64 heavy (non-hydrogen) atoms. The summed E-state index contributed by atoms with van der Waals surface area (Å²) >= 11 is 0. The molecule has 16 nitrogen and oxygen atoms in total. The predicted molar refractivity (Wildman–Crippen MR) is 243 cm³/mol. The Morgan fingerprint density at radius 2 is 1.44 bits per heavy atom. The molecule has 0 spiro atoms. The van der Waals surface area contributed by atoms with Gasteiger partial charge < -0.3 is 14.7 Å². The molecule has 1 heterocycles. The van der Waals surface area contributed by atoms with Gasteiger partial charge in [-0.25, -0.2) is 0 Å². The van der Waals surface area contributed by atoms with Gasteiger partial charge in [-0.15, -0.1) is 0 Å². The van der Waals surface area contributed by atoms with Crippen molar-refractivity contribution in [1.29, 1.82) is 0 Å². The fraction of sp³-hybridized carbons (Fsp3) is 0.386.